The van der Waals surface area contributed by atoms with Crippen LogP contribution in [-0.2, 0) is 42.7 Å². The number of fused-ring (bicyclic) bond motifs is 4. The molecule has 0 N–H and O–H groups in total. The summed E-state index contributed by atoms with van der Waals surface area (Å²) < 4.78 is 9.13. The first kappa shape index (κ1) is 57.1. The third-order valence-electron chi connectivity index (χ3n) is 16.5. The molecule has 420 valence electrons. The molecule has 0 spiro atoms. The Balaban J connectivity index is 0.00000721. The Morgan fingerprint density at radius 3 is 1.60 bits per heavy atom. The van der Waals surface area contributed by atoms with Gasteiger partial charge in [-0.15, -0.1) is 48.1 Å². The minimum absolute atomic E-state index is 0. The van der Waals surface area contributed by atoms with Crippen molar-refractivity contribution in [3.05, 3.63) is 260 Å². The zero-order valence-corrected chi connectivity index (χ0v) is 53.1. The first-order valence-corrected chi connectivity index (χ1v) is 30.8. The van der Waals surface area contributed by atoms with E-state index in [0.717, 1.165) is 61.5 Å². The van der Waals surface area contributed by atoms with Crippen LogP contribution in [0.1, 0.15) is 105 Å². The van der Waals surface area contributed by atoms with Crippen LogP contribution in [0.5, 0.6) is 11.5 Å². The smallest absolute Gasteiger partial charge is 0.179 e. The maximum Gasteiger partial charge on any atom is 0.179 e. The van der Waals surface area contributed by atoms with Gasteiger partial charge in [0.05, 0.1) is 0 Å². The molecule has 2 aromatic heterocycles. The molecular formula is C76H73N4OPtSi-3. The second-order valence-electron chi connectivity index (χ2n) is 26.3. The summed E-state index contributed by atoms with van der Waals surface area (Å²) in [6.07, 6.45) is 1.92. The van der Waals surface area contributed by atoms with Crippen molar-refractivity contribution in [1.29, 1.82) is 0 Å². The van der Waals surface area contributed by atoms with E-state index < -0.39 is 8.07 Å². The van der Waals surface area contributed by atoms with Crippen LogP contribution < -0.4 is 35.3 Å². The summed E-state index contributed by atoms with van der Waals surface area (Å²) in [6, 6.07) is 85.9. The van der Waals surface area contributed by atoms with E-state index in [1.807, 2.05) is 18.3 Å². The minimum atomic E-state index is -2.85. The summed E-state index contributed by atoms with van der Waals surface area (Å²) in [4.78, 5) is 9.67. The fourth-order valence-electron chi connectivity index (χ4n) is 11.9. The Bertz CT molecular complexity index is 4030. The number of nitrogens with zero attached hydrogens (tertiary/aromatic N) is 4. The van der Waals surface area contributed by atoms with Gasteiger partial charge in [-0.25, -0.2) is 4.98 Å². The van der Waals surface area contributed by atoms with Crippen molar-refractivity contribution in [3.8, 4) is 28.4 Å². The molecule has 9 aromatic carbocycles. The zero-order valence-electron chi connectivity index (χ0n) is 49.9. The molecule has 7 heteroatoms. The molecule has 0 atom stereocenters. The molecule has 3 heterocycles. The van der Waals surface area contributed by atoms with Crippen LogP contribution >= 0.6 is 0 Å². The molecule has 0 fully saturated rings. The van der Waals surface area contributed by atoms with Crippen LogP contribution in [0.3, 0.4) is 0 Å². The van der Waals surface area contributed by atoms with Gasteiger partial charge >= 0.3 is 0 Å². The molecule has 0 bridgehead atoms. The van der Waals surface area contributed by atoms with Gasteiger partial charge in [0.2, 0.25) is 0 Å². The summed E-state index contributed by atoms with van der Waals surface area (Å²) in [6.45, 7) is 29.6. The number of pyridine rings is 1. The van der Waals surface area contributed by atoms with E-state index in [9.17, 15) is 0 Å². The standard InChI is InChI=1S/C76H73N4OSi.Pt/c1-73(2,3)53-37-40-68-67(47-53)66-39-38-60(50-70(66)80(68)71-48-54(41-42-77-71)74(4,5)6)81-59-27-23-26-57(49-59)78-51-79(58-45-55(75(7,8)9)44-56(46-58)76(10,11)12)72-65(35-24-36-69(72)78)52-25-22-34-64(43-52)82(61-28-16-13-17-29-61,62-30-18-14-19-31-62)63-32-20-15-21-33-63;/h13-48,51H,1-12H3;/q-3;. The van der Waals surface area contributed by atoms with Crippen molar-refractivity contribution in [2.45, 2.75) is 105 Å². The number of rotatable bonds is 10. The molecule has 0 saturated heterocycles. The molecule has 5 nitrogen and oxygen atoms in total. The van der Waals surface area contributed by atoms with Crippen LogP contribution in [0.4, 0.5) is 22.7 Å². The van der Waals surface area contributed by atoms with Crippen molar-refractivity contribution in [2.24, 2.45) is 0 Å². The van der Waals surface area contributed by atoms with Crippen LogP contribution in [0.25, 0.3) is 38.8 Å². The van der Waals surface area contributed by atoms with Crippen LogP contribution in [-0.4, -0.2) is 17.6 Å². The molecule has 0 saturated carbocycles. The van der Waals surface area contributed by atoms with E-state index in [2.05, 4.69) is 316 Å². The molecule has 1 aliphatic rings. The molecule has 83 heavy (non-hydrogen) atoms. The molecule has 11 aromatic rings. The Kier molecular flexibility index (Phi) is 15.0. The Labute approximate surface area is 507 Å². The Morgan fingerprint density at radius 2 is 1.00 bits per heavy atom. The molecular weight excluding hydrogens is 1210 g/mol. The van der Waals surface area contributed by atoms with Gasteiger partial charge in [-0.1, -0.05) is 234 Å². The summed E-state index contributed by atoms with van der Waals surface area (Å²) in [5, 5.41) is 7.60. The third kappa shape index (κ3) is 10.7. The predicted molar refractivity (Wildman–Crippen MR) is 348 cm³/mol. The largest absolute Gasteiger partial charge is 0.509 e. The van der Waals surface area contributed by atoms with Gasteiger partial charge in [-0.2, -0.15) is 12.1 Å². The van der Waals surface area contributed by atoms with E-state index in [4.69, 9.17) is 9.72 Å². The summed E-state index contributed by atoms with van der Waals surface area (Å²) in [7, 11) is -2.85. The topological polar surface area (TPSA) is 33.5 Å². The fourth-order valence-corrected chi connectivity index (χ4v) is 16.7. The van der Waals surface area contributed by atoms with Gasteiger partial charge in [0.15, 0.2) is 8.07 Å². The number of benzene rings is 9. The quantitative estimate of drug-likeness (QED) is 0.0776. The number of hydrogen-bond acceptors (Lipinski definition) is 4. The fraction of sp³-hybridized carbons (Fsp3) is 0.211. The first-order chi connectivity index (χ1) is 39.2. The molecule has 0 unspecified atom stereocenters. The Morgan fingerprint density at radius 1 is 0.446 bits per heavy atom. The molecule has 0 amide bonds. The van der Waals surface area contributed by atoms with Crippen molar-refractivity contribution in [3.63, 3.8) is 0 Å². The van der Waals surface area contributed by atoms with Crippen LogP contribution in [0.15, 0.2) is 219 Å². The van der Waals surface area contributed by atoms with E-state index >= 15 is 0 Å². The number of para-hydroxylation sites is 1. The van der Waals surface area contributed by atoms with Gasteiger partial charge in [-0.3, -0.25) is 0 Å². The zero-order chi connectivity index (χ0) is 57.3. The average molecular weight is 1280 g/mol. The van der Waals surface area contributed by atoms with Gasteiger partial charge in [0.1, 0.15) is 5.82 Å². The van der Waals surface area contributed by atoms with E-state index in [0.29, 0.717) is 11.5 Å². The Hall–Kier alpha value is -7.76. The molecule has 0 radical (unpaired) electrons. The van der Waals surface area contributed by atoms with Gasteiger partial charge in [0, 0.05) is 66.9 Å². The number of aromatic nitrogens is 2. The second kappa shape index (κ2) is 21.8. The SMILES string of the molecule is CC(C)(C)c1cc(N2[CH-]N(c3[c-]c(Oc4[c-]c5c(cc4)c4cc(C(C)(C)C)ccc4n5-c4cc(C(C)(C)C)ccn4)ccc3)c3cccc(-c4cccc([Si](c5ccccc5)(c5ccccc5)c5ccccc5)c4)c32)cc(C(C)(C)C)c1.[Pt]. The summed E-state index contributed by atoms with van der Waals surface area (Å²) >= 11 is 0. The second-order valence-corrected chi connectivity index (χ2v) is 30.1. The van der Waals surface area contributed by atoms with Crippen molar-refractivity contribution >= 4 is 73.4 Å². The average Bonchev–Trinajstić information content (AvgIpc) is 3.42. The van der Waals surface area contributed by atoms with E-state index in [1.165, 1.54) is 43.0 Å². The summed E-state index contributed by atoms with van der Waals surface area (Å²) in [5.41, 5.74) is 13.2. The normalized spacial score (nSPS) is 13.1. The van der Waals surface area contributed by atoms with Crippen molar-refractivity contribution in [1.82, 2.24) is 9.55 Å². The first-order valence-electron chi connectivity index (χ1n) is 28.8. The van der Waals surface area contributed by atoms with Gasteiger partial charge in [0.25, 0.3) is 0 Å². The molecule has 12 rings (SSSR count). The number of anilines is 4. The van der Waals surface area contributed by atoms with E-state index in [1.54, 1.807) is 0 Å². The summed E-state index contributed by atoms with van der Waals surface area (Å²) in [5.74, 6) is 2.03. The molecule has 0 aliphatic carbocycles. The minimum Gasteiger partial charge on any atom is -0.509 e. The number of hydrogen-bond donors (Lipinski definition) is 0. The number of ether oxygens (including phenoxy) is 1. The van der Waals surface area contributed by atoms with E-state index in [-0.39, 0.29) is 42.7 Å². The molecule has 1 aliphatic heterocycles. The van der Waals surface area contributed by atoms with Crippen molar-refractivity contribution in [2.75, 3.05) is 9.80 Å². The van der Waals surface area contributed by atoms with Gasteiger partial charge < -0.3 is 19.1 Å². The maximum atomic E-state index is 6.89. The monoisotopic (exact) mass is 1280 g/mol. The predicted octanol–water partition coefficient (Wildman–Crippen LogP) is 17.2. The van der Waals surface area contributed by atoms with Crippen LogP contribution in [0, 0.1) is 18.8 Å². The maximum absolute atomic E-state index is 6.89. The van der Waals surface area contributed by atoms with Gasteiger partial charge in [-0.05, 0) is 112 Å². The third-order valence-corrected chi connectivity index (χ3v) is 21.3. The van der Waals surface area contributed by atoms with Crippen LogP contribution in [0.2, 0.25) is 0 Å². The van der Waals surface area contributed by atoms with Crippen molar-refractivity contribution < 1.29 is 25.8 Å².